The summed E-state index contributed by atoms with van der Waals surface area (Å²) in [5, 5.41) is 0. The number of rotatable bonds is 0. The summed E-state index contributed by atoms with van der Waals surface area (Å²) in [6.45, 7) is 4.97. The normalized spacial score (nSPS) is 30.9. The van der Waals surface area contributed by atoms with E-state index < -0.39 is 0 Å². The molecular weight excluding hydrogens is 180 g/mol. The Bertz CT molecular complexity index is 144. The quantitative estimate of drug-likeness (QED) is 0.594. The van der Waals surface area contributed by atoms with Crippen LogP contribution in [0.2, 0.25) is 0 Å². The van der Waals surface area contributed by atoms with Gasteiger partial charge in [-0.05, 0) is 51.2 Å². The van der Waals surface area contributed by atoms with Crippen molar-refractivity contribution >= 4 is 12.8 Å². The molecule has 3 heteroatoms. The standard InChI is InChI=1S/C10H20N2S/c1-11-6-2-10(3-7-11)4-8-12(13)9-5-10/h13H,2-9H2,1H3. The Morgan fingerprint density at radius 2 is 1.38 bits per heavy atom. The van der Waals surface area contributed by atoms with Crippen LogP contribution in [0, 0.1) is 5.41 Å². The second-order valence-corrected chi connectivity index (χ2v) is 5.32. The molecule has 0 aliphatic carbocycles. The maximum atomic E-state index is 4.40. The number of thiol groups is 1. The van der Waals surface area contributed by atoms with Gasteiger partial charge in [-0.2, -0.15) is 0 Å². The summed E-state index contributed by atoms with van der Waals surface area (Å²) in [6, 6.07) is 0. The van der Waals surface area contributed by atoms with E-state index in [1.54, 1.807) is 0 Å². The second-order valence-electron chi connectivity index (χ2n) is 4.76. The number of piperidine rings is 2. The van der Waals surface area contributed by atoms with E-state index in [4.69, 9.17) is 0 Å². The van der Waals surface area contributed by atoms with E-state index in [0.29, 0.717) is 5.41 Å². The van der Waals surface area contributed by atoms with Crippen molar-refractivity contribution in [2.24, 2.45) is 5.41 Å². The molecule has 2 rings (SSSR count). The summed E-state index contributed by atoms with van der Waals surface area (Å²) in [7, 11) is 2.24. The van der Waals surface area contributed by atoms with Crippen molar-refractivity contribution in [2.45, 2.75) is 25.7 Å². The molecule has 2 nitrogen and oxygen atoms in total. The zero-order valence-corrected chi connectivity index (χ0v) is 9.39. The first-order valence-corrected chi connectivity index (χ1v) is 5.73. The number of likely N-dealkylation sites (tertiary alicyclic amines) is 1. The molecule has 0 radical (unpaired) electrons. The van der Waals surface area contributed by atoms with Crippen LogP contribution in [0.5, 0.6) is 0 Å². The van der Waals surface area contributed by atoms with Crippen molar-refractivity contribution < 1.29 is 0 Å². The molecule has 0 saturated carbocycles. The van der Waals surface area contributed by atoms with Crippen LogP contribution in [0.1, 0.15) is 25.7 Å². The third-order valence-corrected chi connectivity index (χ3v) is 4.25. The first kappa shape index (κ1) is 9.81. The zero-order valence-electron chi connectivity index (χ0n) is 8.50. The fourth-order valence-corrected chi connectivity index (χ4v) is 2.76. The molecule has 2 saturated heterocycles. The molecule has 76 valence electrons. The van der Waals surface area contributed by atoms with Gasteiger partial charge in [0.1, 0.15) is 0 Å². The molecule has 1 spiro atoms. The highest BCUT2D eigenvalue weighted by Crippen LogP contribution is 2.41. The molecule has 2 aliphatic heterocycles. The molecule has 0 aromatic carbocycles. The highest BCUT2D eigenvalue weighted by atomic mass is 32.1. The van der Waals surface area contributed by atoms with Crippen LogP contribution < -0.4 is 0 Å². The lowest BCUT2D eigenvalue weighted by Crippen LogP contribution is -2.43. The van der Waals surface area contributed by atoms with Crippen molar-refractivity contribution in [1.29, 1.82) is 0 Å². The van der Waals surface area contributed by atoms with Gasteiger partial charge in [0.2, 0.25) is 0 Å². The maximum absolute atomic E-state index is 4.40. The first-order valence-electron chi connectivity index (χ1n) is 5.33. The Morgan fingerprint density at radius 1 is 0.923 bits per heavy atom. The van der Waals surface area contributed by atoms with E-state index in [9.17, 15) is 0 Å². The van der Waals surface area contributed by atoms with Crippen LogP contribution in [0.25, 0.3) is 0 Å². The van der Waals surface area contributed by atoms with Crippen LogP contribution in [0.4, 0.5) is 0 Å². The van der Waals surface area contributed by atoms with Crippen LogP contribution >= 0.6 is 12.8 Å². The van der Waals surface area contributed by atoms with Gasteiger partial charge in [-0.3, -0.25) is 4.31 Å². The molecular formula is C10H20N2S. The van der Waals surface area contributed by atoms with Crippen molar-refractivity contribution in [3.8, 4) is 0 Å². The van der Waals surface area contributed by atoms with E-state index in [-0.39, 0.29) is 0 Å². The molecule has 0 unspecified atom stereocenters. The molecule has 2 fully saturated rings. The Morgan fingerprint density at radius 3 is 1.92 bits per heavy atom. The Balaban J connectivity index is 1.90. The second kappa shape index (κ2) is 3.79. The van der Waals surface area contributed by atoms with Crippen LogP contribution in [-0.4, -0.2) is 42.4 Å². The van der Waals surface area contributed by atoms with Crippen LogP contribution in [-0.2, 0) is 0 Å². The Hall–Kier alpha value is 0.270. The number of hydrogen-bond donors (Lipinski definition) is 1. The third-order valence-electron chi connectivity index (χ3n) is 3.85. The molecule has 0 amide bonds. The minimum absolute atomic E-state index is 0.686. The van der Waals surface area contributed by atoms with Gasteiger partial charge in [0.15, 0.2) is 0 Å². The predicted octanol–water partition coefficient (Wildman–Crippen LogP) is 1.64. The lowest BCUT2D eigenvalue weighted by atomic mass is 9.72. The zero-order chi connectivity index (χ0) is 9.31. The van der Waals surface area contributed by atoms with Gasteiger partial charge in [0.25, 0.3) is 0 Å². The number of hydrogen-bond acceptors (Lipinski definition) is 3. The van der Waals surface area contributed by atoms with Gasteiger partial charge >= 0.3 is 0 Å². The molecule has 2 aliphatic rings. The Labute approximate surface area is 86.8 Å². The summed E-state index contributed by atoms with van der Waals surface area (Å²) in [5.41, 5.74) is 0.686. The van der Waals surface area contributed by atoms with E-state index in [0.717, 1.165) is 0 Å². The highest BCUT2D eigenvalue weighted by Gasteiger charge is 2.35. The van der Waals surface area contributed by atoms with E-state index in [1.165, 1.54) is 51.9 Å². The fourth-order valence-electron chi connectivity index (χ4n) is 2.56. The average molecular weight is 200 g/mol. The summed E-state index contributed by atoms with van der Waals surface area (Å²) in [6.07, 6.45) is 5.55. The lowest BCUT2D eigenvalue weighted by molar-refractivity contribution is 0.0701. The monoisotopic (exact) mass is 200 g/mol. The Kier molecular flexibility index (Phi) is 2.86. The van der Waals surface area contributed by atoms with Gasteiger partial charge in [-0.25, -0.2) is 0 Å². The number of nitrogens with zero attached hydrogens (tertiary/aromatic N) is 2. The molecule has 0 aromatic rings. The molecule has 0 atom stereocenters. The third kappa shape index (κ3) is 2.20. The summed E-state index contributed by atoms with van der Waals surface area (Å²) in [5.74, 6) is 0. The van der Waals surface area contributed by atoms with Crippen LogP contribution in [0.3, 0.4) is 0 Å². The highest BCUT2D eigenvalue weighted by molar-refractivity contribution is 7.77. The minimum Gasteiger partial charge on any atom is -0.306 e. The van der Waals surface area contributed by atoms with Crippen molar-refractivity contribution in [1.82, 2.24) is 9.21 Å². The lowest BCUT2D eigenvalue weighted by Gasteiger charge is -2.45. The largest absolute Gasteiger partial charge is 0.306 e. The maximum Gasteiger partial charge on any atom is 0.00923 e. The predicted molar refractivity (Wildman–Crippen MR) is 59.0 cm³/mol. The summed E-state index contributed by atoms with van der Waals surface area (Å²) in [4.78, 5) is 2.46. The van der Waals surface area contributed by atoms with Gasteiger partial charge < -0.3 is 4.90 Å². The summed E-state index contributed by atoms with van der Waals surface area (Å²) < 4.78 is 2.17. The minimum atomic E-state index is 0.686. The van der Waals surface area contributed by atoms with Crippen molar-refractivity contribution in [3.63, 3.8) is 0 Å². The van der Waals surface area contributed by atoms with Gasteiger partial charge in [-0.15, -0.1) is 0 Å². The smallest absolute Gasteiger partial charge is 0.00923 e. The van der Waals surface area contributed by atoms with Crippen LogP contribution in [0.15, 0.2) is 0 Å². The average Bonchev–Trinajstić information content (AvgIpc) is 2.16. The molecule has 0 N–H and O–H groups in total. The SMILES string of the molecule is CN1CCC2(CC1)CCN(S)CC2. The van der Waals surface area contributed by atoms with Crippen molar-refractivity contribution in [3.05, 3.63) is 0 Å². The fraction of sp³-hybridized carbons (Fsp3) is 1.00. The summed E-state index contributed by atoms with van der Waals surface area (Å²) >= 11 is 4.40. The van der Waals surface area contributed by atoms with E-state index in [2.05, 4.69) is 29.1 Å². The van der Waals surface area contributed by atoms with Gasteiger partial charge in [0.05, 0.1) is 0 Å². The van der Waals surface area contributed by atoms with E-state index >= 15 is 0 Å². The molecule has 13 heavy (non-hydrogen) atoms. The first-order chi connectivity index (χ1) is 6.20. The topological polar surface area (TPSA) is 6.48 Å². The van der Waals surface area contributed by atoms with E-state index in [1.807, 2.05) is 0 Å². The molecule has 2 heterocycles. The van der Waals surface area contributed by atoms with Crippen molar-refractivity contribution in [2.75, 3.05) is 33.2 Å². The van der Waals surface area contributed by atoms with Gasteiger partial charge in [0, 0.05) is 13.1 Å². The molecule has 0 bridgehead atoms. The molecule has 0 aromatic heterocycles. The van der Waals surface area contributed by atoms with Gasteiger partial charge in [-0.1, -0.05) is 12.8 Å².